The number of aromatic nitrogens is 4. The summed E-state index contributed by atoms with van der Waals surface area (Å²) in [5.41, 5.74) is 1.88. The average molecular weight is 614 g/mol. The van der Waals surface area contributed by atoms with Crippen LogP contribution in [0.3, 0.4) is 0 Å². The fraction of sp³-hybridized carbons (Fsp3) is 0.400. The first kappa shape index (κ1) is 29.4. The average Bonchev–Trinajstić information content (AvgIpc) is 3.57. The number of carboxylic acid groups (broad SMARTS) is 1. The van der Waals surface area contributed by atoms with Crippen molar-refractivity contribution in [2.45, 2.75) is 69.9 Å². The van der Waals surface area contributed by atoms with Gasteiger partial charge in [0.25, 0.3) is 6.43 Å². The molecule has 0 saturated heterocycles. The Morgan fingerprint density at radius 3 is 2.58 bits per heavy atom. The van der Waals surface area contributed by atoms with Gasteiger partial charge in [-0.25, -0.2) is 13.8 Å². The number of nitrogens with zero attached hydrogens (tertiary/aromatic N) is 5. The lowest BCUT2D eigenvalue weighted by atomic mass is 9.70. The largest absolute Gasteiger partial charge is 0.481 e. The number of halogens is 2. The standard InChI is InChI=1S/C30H33F2N5O5S/c1-17-7-8-19(14-20(17)15-36-16-30(10-11-30)42-27-22(43(36,40)41)6-5-12-33-27)23(29(3,4)28(38)39)21-9-13-37-25(18(21)2)34-35-26(37)24(31)32/h5-9,12-14,23-24,40-41H,10-11,15-16H2,1-4H3,(H,38,39). The second-order valence-corrected chi connectivity index (χ2v) is 14.0. The molecule has 1 aliphatic heterocycles. The van der Waals surface area contributed by atoms with Crippen LogP contribution in [0.5, 0.6) is 5.88 Å². The van der Waals surface area contributed by atoms with Crippen molar-refractivity contribution in [2.24, 2.45) is 5.41 Å². The summed E-state index contributed by atoms with van der Waals surface area (Å²) < 4.78 is 59.1. The van der Waals surface area contributed by atoms with Crippen molar-refractivity contribution in [3.05, 3.63) is 82.4 Å². The first-order valence-corrected chi connectivity index (χ1v) is 15.4. The molecule has 4 heterocycles. The summed E-state index contributed by atoms with van der Waals surface area (Å²) in [6, 6.07) is 10.5. The summed E-state index contributed by atoms with van der Waals surface area (Å²) in [6.07, 6.45) is 1.72. The van der Waals surface area contributed by atoms with E-state index in [0.717, 1.165) is 24.0 Å². The summed E-state index contributed by atoms with van der Waals surface area (Å²) in [6.45, 7) is 7.35. The Morgan fingerprint density at radius 1 is 1.16 bits per heavy atom. The molecule has 228 valence electrons. The molecule has 1 unspecified atom stereocenters. The molecular weight excluding hydrogens is 580 g/mol. The van der Waals surface area contributed by atoms with E-state index in [2.05, 4.69) is 15.2 Å². The monoisotopic (exact) mass is 613 g/mol. The van der Waals surface area contributed by atoms with Crippen LogP contribution >= 0.6 is 10.8 Å². The van der Waals surface area contributed by atoms with Crippen molar-refractivity contribution >= 4 is 22.4 Å². The van der Waals surface area contributed by atoms with Crippen LogP contribution in [0.1, 0.15) is 72.7 Å². The van der Waals surface area contributed by atoms with E-state index < -0.39 is 45.9 Å². The lowest BCUT2D eigenvalue weighted by molar-refractivity contribution is -0.147. The van der Waals surface area contributed by atoms with Gasteiger partial charge in [-0.1, -0.05) is 18.2 Å². The molecule has 3 aromatic heterocycles. The third kappa shape index (κ3) is 4.93. The quantitative estimate of drug-likeness (QED) is 0.217. The second kappa shape index (κ2) is 10.2. The van der Waals surface area contributed by atoms with Gasteiger partial charge in [-0.05, 0) is 86.6 Å². The molecule has 0 amide bonds. The molecule has 13 heteroatoms. The minimum atomic E-state index is -3.46. The zero-order valence-electron chi connectivity index (χ0n) is 24.2. The summed E-state index contributed by atoms with van der Waals surface area (Å²) >= 11 is 0. The van der Waals surface area contributed by atoms with E-state index in [1.807, 2.05) is 25.1 Å². The number of aliphatic carboxylic acids is 1. The van der Waals surface area contributed by atoms with Crippen LogP contribution in [0.2, 0.25) is 0 Å². The number of aryl methyl sites for hydroxylation is 2. The Balaban J connectivity index is 1.44. The van der Waals surface area contributed by atoms with Crippen molar-refractivity contribution in [1.29, 1.82) is 0 Å². The van der Waals surface area contributed by atoms with Crippen LogP contribution in [0.15, 0.2) is 53.7 Å². The number of ether oxygens (including phenoxy) is 1. The van der Waals surface area contributed by atoms with E-state index in [4.69, 9.17) is 4.74 Å². The Bertz CT molecular complexity index is 1740. The zero-order chi connectivity index (χ0) is 30.9. The summed E-state index contributed by atoms with van der Waals surface area (Å²) in [5.74, 6) is -1.99. The Kier molecular flexibility index (Phi) is 6.99. The van der Waals surface area contributed by atoms with Gasteiger partial charge in [-0.15, -0.1) is 21.0 Å². The number of alkyl halides is 2. The molecule has 0 bridgehead atoms. The summed E-state index contributed by atoms with van der Waals surface area (Å²) in [7, 11) is -3.46. The smallest absolute Gasteiger partial charge is 0.310 e. The Labute approximate surface area is 248 Å². The van der Waals surface area contributed by atoms with Crippen molar-refractivity contribution in [3.63, 3.8) is 0 Å². The van der Waals surface area contributed by atoms with E-state index >= 15 is 0 Å². The molecule has 6 rings (SSSR count). The number of pyridine rings is 2. The van der Waals surface area contributed by atoms with Crippen LogP contribution in [0.25, 0.3) is 5.65 Å². The van der Waals surface area contributed by atoms with Gasteiger partial charge in [0.15, 0.2) is 5.65 Å². The second-order valence-electron chi connectivity index (χ2n) is 12.0. The molecule has 1 saturated carbocycles. The lowest BCUT2D eigenvalue weighted by Gasteiger charge is -2.42. The van der Waals surface area contributed by atoms with Gasteiger partial charge in [0.05, 0.1) is 12.0 Å². The van der Waals surface area contributed by atoms with Crippen LogP contribution in [0.4, 0.5) is 8.78 Å². The molecular formula is C30H33F2N5O5S. The fourth-order valence-corrected chi connectivity index (χ4v) is 7.51. The highest BCUT2D eigenvalue weighted by Crippen LogP contribution is 2.60. The highest BCUT2D eigenvalue weighted by molar-refractivity contribution is 8.22. The Hall–Kier alpha value is -3.65. The number of rotatable bonds is 7. The van der Waals surface area contributed by atoms with Gasteiger partial charge in [0, 0.05) is 24.9 Å². The molecule has 1 fully saturated rings. The van der Waals surface area contributed by atoms with E-state index in [1.54, 1.807) is 49.5 Å². The molecule has 0 radical (unpaired) electrons. The number of fused-ring (bicyclic) bond motifs is 2. The van der Waals surface area contributed by atoms with E-state index in [-0.39, 0.29) is 29.5 Å². The van der Waals surface area contributed by atoms with E-state index in [0.29, 0.717) is 16.7 Å². The lowest BCUT2D eigenvalue weighted by Crippen LogP contribution is -2.36. The molecule has 1 spiro atoms. The molecule has 3 N–H and O–H groups in total. The maximum atomic E-state index is 13.5. The van der Waals surface area contributed by atoms with Crippen LogP contribution in [-0.2, 0) is 11.3 Å². The van der Waals surface area contributed by atoms with Gasteiger partial charge < -0.3 is 9.84 Å². The van der Waals surface area contributed by atoms with Gasteiger partial charge in [0.2, 0.25) is 11.7 Å². The Morgan fingerprint density at radius 2 is 1.91 bits per heavy atom. The van der Waals surface area contributed by atoms with Gasteiger partial charge in [-0.3, -0.25) is 18.3 Å². The highest BCUT2D eigenvalue weighted by atomic mass is 32.3. The number of carbonyl (C=O) groups is 1. The SMILES string of the molecule is Cc1ccc(C(c2ccn3c(C(F)F)nnc3c2C)C(C)(C)C(=O)O)cc1CN1CC2(CC2)Oc2ncccc2S1(O)O. The minimum Gasteiger partial charge on any atom is -0.481 e. The van der Waals surface area contributed by atoms with Gasteiger partial charge in [-0.2, -0.15) is 4.31 Å². The zero-order valence-corrected chi connectivity index (χ0v) is 25.0. The normalized spacial score (nSPS) is 19.1. The molecule has 1 aliphatic carbocycles. The number of hydrogen-bond donors (Lipinski definition) is 3. The third-order valence-electron chi connectivity index (χ3n) is 8.70. The predicted molar refractivity (Wildman–Crippen MR) is 155 cm³/mol. The topological polar surface area (TPSA) is 133 Å². The van der Waals surface area contributed by atoms with Gasteiger partial charge >= 0.3 is 5.97 Å². The first-order valence-electron chi connectivity index (χ1n) is 13.9. The van der Waals surface area contributed by atoms with Crippen molar-refractivity contribution in [1.82, 2.24) is 23.9 Å². The van der Waals surface area contributed by atoms with E-state index in [9.17, 15) is 27.8 Å². The maximum absolute atomic E-state index is 13.5. The summed E-state index contributed by atoms with van der Waals surface area (Å²) in [4.78, 5) is 17.1. The van der Waals surface area contributed by atoms with Gasteiger partial charge in [0.1, 0.15) is 10.5 Å². The maximum Gasteiger partial charge on any atom is 0.310 e. The molecule has 4 aromatic rings. The van der Waals surface area contributed by atoms with Crippen LogP contribution < -0.4 is 4.74 Å². The van der Waals surface area contributed by atoms with Crippen molar-refractivity contribution in [2.75, 3.05) is 6.54 Å². The molecule has 1 atom stereocenters. The third-order valence-corrected chi connectivity index (χ3v) is 10.6. The highest BCUT2D eigenvalue weighted by Gasteiger charge is 2.52. The van der Waals surface area contributed by atoms with Crippen LogP contribution in [-0.4, -0.2) is 56.2 Å². The first-order chi connectivity index (χ1) is 20.2. The molecule has 10 nitrogen and oxygen atoms in total. The fourth-order valence-electron chi connectivity index (χ4n) is 5.91. The number of hydrogen-bond acceptors (Lipinski definition) is 8. The number of carboxylic acids is 1. The summed E-state index contributed by atoms with van der Waals surface area (Å²) in [5, 5.41) is 18.0. The van der Waals surface area contributed by atoms with E-state index in [1.165, 1.54) is 10.6 Å². The molecule has 1 aromatic carbocycles. The van der Waals surface area contributed by atoms with Crippen molar-refractivity contribution < 1.29 is 32.5 Å². The number of benzene rings is 1. The predicted octanol–water partition coefficient (Wildman–Crippen LogP) is 6.37. The van der Waals surface area contributed by atoms with Crippen molar-refractivity contribution in [3.8, 4) is 5.88 Å². The van der Waals surface area contributed by atoms with Crippen LogP contribution in [0, 0.1) is 19.3 Å². The molecule has 2 aliphatic rings. The molecule has 43 heavy (non-hydrogen) atoms. The minimum absolute atomic E-state index is 0.168.